The second-order valence-electron chi connectivity index (χ2n) is 7.60. The Kier molecular flexibility index (Phi) is 7.60. The Morgan fingerprint density at radius 2 is 2.03 bits per heavy atom. The molecule has 2 amide bonds. The van der Waals surface area contributed by atoms with E-state index in [0.29, 0.717) is 19.8 Å². The summed E-state index contributed by atoms with van der Waals surface area (Å²) in [6.07, 6.45) is 4.47. The number of fused-ring (bicyclic) bond motifs is 1. The number of morpholine rings is 1. The van der Waals surface area contributed by atoms with Crippen molar-refractivity contribution in [2.45, 2.75) is 19.6 Å². The van der Waals surface area contributed by atoms with E-state index in [1.807, 2.05) is 24.3 Å². The Hall–Kier alpha value is -2.81. The number of urea groups is 1. The standard InChI is InChI=1S/C23H30N4O4/c28-23(24-7-2-13-30-18-21-3-1-14-31-21)25-20-4-5-22-19(17-20)6-8-27(22)10-9-26-11-15-29-16-12-26/h1,3-6,8,14,17H,2,7,9-13,15-16,18H2,(H2,24,25,28). The Morgan fingerprint density at radius 1 is 1.13 bits per heavy atom. The molecule has 0 spiro atoms. The molecular formula is C23H30N4O4. The van der Waals surface area contributed by atoms with Gasteiger partial charge in [0, 0.05) is 62.1 Å². The van der Waals surface area contributed by atoms with E-state index in [2.05, 4.69) is 38.4 Å². The number of anilines is 1. The summed E-state index contributed by atoms with van der Waals surface area (Å²) in [7, 11) is 0. The minimum absolute atomic E-state index is 0.211. The molecule has 1 saturated heterocycles. The van der Waals surface area contributed by atoms with Crippen LogP contribution in [-0.4, -0.2) is 61.5 Å². The molecule has 3 aromatic rings. The minimum atomic E-state index is -0.211. The smallest absolute Gasteiger partial charge is 0.319 e. The van der Waals surface area contributed by atoms with Crippen molar-refractivity contribution in [2.75, 3.05) is 51.3 Å². The highest BCUT2D eigenvalue weighted by molar-refractivity contribution is 5.92. The molecule has 4 rings (SSSR count). The van der Waals surface area contributed by atoms with E-state index in [4.69, 9.17) is 13.9 Å². The fourth-order valence-electron chi connectivity index (χ4n) is 3.67. The number of carbonyl (C=O) groups excluding carboxylic acids is 1. The Bertz CT molecular complexity index is 948. The maximum absolute atomic E-state index is 12.2. The molecule has 0 saturated carbocycles. The van der Waals surface area contributed by atoms with Gasteiger partial charge in [0.1, 0.15) is 12.4 Å². The molecule has 2 N–H and O–H groups in total. The Balaban J connectivity index is 1.18. The molecule has 8 nitrogen and oxygen atoms in total. The SMILES string of the molecule is O=C(NCCCOCc1ccco1)Nc1ccc2c(ccn2CCN2CCOCC2)c1. The molecule has 8 heteroatoms. The number of ether oxygens (including phenoxy) is 2. The van der Waals surface area contributed by atoms with Crippen LogP contribution in [0, 0.1) is 0 Å². The number of hydrogen-bond acceptors (Lipinski definition) is 5. The summed E-state index contributed by atoms with van der Waals surface area (Å²) in [6, 6.07) is 11.6. The number of amides is 2. The van der Waals surface area contributed by atoms with Crippen LogP contribution in [0.5, 0.6) is 0 Å². The van der Waals surface area contributed by atoms with Crippen molar-refractivity contribution in [2.24, 2.45) is 0 Å². The van der Waals surface area contributed by atoms with Crippen molar-refractivity contribution in [1.82, 2.24) is 14.8 Å². The van der Waals surface area contributed by atoms with Gasteiger partial charge < -0.3 is 29.1 Å². The zero-order valence-electron chi connectivity index (χ0n) is 17.7. The molecule has 0 bridgehead atoms. The third kappa shape index (κ3) is 6.33. The van der Waals surface area contributed by atoms with Crippen molar-refractivity contribution in [3.8, 4) is 0 Å². The van der Waals surface area contributed by atoms with E-state index >= 15 is 0 Å². The summed E-state index contributed by atoms with van der Waals surface area (Å²) in [4.78, 5) is 14.6. The molecule has 1 fully saturated rings. The summed E-state index contributed by atoms with van der Waals surface area (Å²) in [5.41, 5.74) is 1.96. The first kappa shape index (κ1) is 21.4. The van der Waals surface area contributed by atoms with Crippen LogP contribution >= 0.6 is 0 Å². The largest absolute Gasteiger partial charge is 0.467 e. The Morgan fingerprint density at radius 3 is 2.87 bits per heavy atom. The zero-order valence-corrected chi connectivity index (χ0v) is 17.7. The lowest BCUT2D eigenvalue weighted by atomic mass is 10.2. The molecule has 0 aliphatic carbocycles. The van der Waals surface area contributed by atoms with Crippen LogP contribution in [-0.2, 0) is 22.6 Å². The second-order valence-corrected chi connectivity index (χ2v) is 7.60. The fourth-order valence-corrected chi connectivity index (χ4v) is 3.67. The lowest BCUT2D eigenvalue weighted by molar-refractivity contribution is 0.0365. The van der Waals surface area contributed by atoms with Gasteiger partial charge in [-0.2, -0.15) is 0 Å². The molecule has 1 aliphatic rings. The number of rotatable bonds is 10. The van der Waals surface area contributed by atoms with Gasteiger partial charge in [-0.25, -0.2) is 4.79 Å². The maximum atomic E-state index is 12.2. The van der Waals surface area contributed by atoms with Crippen molar-refractivity contribution in [3.63, 3.8) is 0 Å². The molecule has 166 valence electrons. The summed E-state index contributed by atoms with van der Waals surface area (Å²) < 4.78 is 18.4. The summed E-state index contributed by atoms with van der Waals surface area (Å²) in [5, 5.41) is 6.88. The number of nitrogens with zero attached hydrogens (tertiary/aromatic N) is 2. The van der Waals surface area contributed by atoms with Crippen molar-refractivity contribution >= 4 is 22.6 Å². The number of furan rings is 1. The number of nitrogens with one attached hydrogen (secondary N) is 2. The van der Waals surface area contributed by atoms with Crippen LogP contribution in [0.1, 0.15) is 12.2 Å². The molecule has 2 aromatic heterocycles. The van der Waals surface area contributed by atoms with E-state index in [1.54, 1.807) is 6.26 Å². The van der Waals surface area contributed by atoms with Gasteiger partial charge >= 0.3 is 6.03 Å². The van der Waals surface area contributed by atoms with Crippen molar-refractivity contribution in [3.05, 3.63) is 54.6 Å². The number of hydrogen-bond donors (Lipinski definition) is 2. The van der Waals surface area contributed by atoms with Gasteiger partial charge in [-0.3, -0.25) is 4.90 Å². The molecule has 0 radical (unpaired) electrons. The summed E-state index contributed by atoms with van der Waals surface area (Å²) in [5.74, 6) is 0.802. The average Bonchev–Trinajstić information content (AvgIpc) is 3.45. The maximum Gasteiger partial charge on any atom is 0.319 e. The van der Waals surface area contributed by atoms with Crippen LogP contribution in [0.2, 0.25) is 0 Å². The fraction of sp³-hybridized carbons (Fsp3) is 0.435. The third-order valence-corrected chi connectivity index (χ3v) is 5.37. The quantitative estimate of drug-likeness (QED) is 0.486. The van der Waals surface area contributed by atoms with Gasteiger partial charge in [0.05, 0.1) is 19.5 Å². The number of carbonyl (C=O) groups is 1. The predicted octanol–water partition coefficient (Wildman–Crippen LogP) is 3.29. The minimum Gasteiger partial charge on any atom is -0.467 e. The average molecular weight is 427 g/mol. The van der Waals surface area contributed by atoms with E-state index in [1.165, 1.54) is 5.52 Å². The summed E-state index contributed by atoms with van der Waals surface area (Å²) in [6.45, 7) is 7.15. The first-order chi connectivity index (χ1) is 15.3. The summed E-state index contributed by atoms with van der Waals surface area (Å²) >= 11 is 0. The topological polar surface area (TPSA) is 80.9 Å². The number of aromatic nitrogens is 1. The lowest BCUT2D eigenvalue weighted by Crippen LogP contribution is -2.38. The molecule has 1 aromatic carbocycles. The molecule has 0 atom stereocenters. The van der Waals surface area contributed by atoms with Gasteiger partial charge in [-0.05, 0) is 42.8 Å². The highest BCUT2D eigenvalue weighted by Gasteiger charge is 2.11. The van der Waals surface area contributed by atoms with Crippen LogP contribution in [0.25, 0.3) is 10.9 Å². The lowest BCUT2D eigenvalue weighted by Gasteiger charge is -2.26. The van der Waals surface area contributed by atoms with Crippen LogP contribution in [0.15, 0.2) is 53.3 Å². The second kappa shape index (κ2) is 11.0. The van der Waals surface area contributed by atoms with Gasteiger partial charge in [-0.15, -0.1) is 0 Å². The molecular weight excluding hydrogens is 396 g/mol. The van der Waals surface area contributed by atoms with Gasteiger partial charge in [0.25, 0.3) is 0 Å². The first-order valence-electron chi connectivity index (χ1n) is 10.8. The molecule has 3 heterocycles. The number of benzene rings is 1. The molecule has 31 heavy (non-hydrogen) atoms. The molecule has 1 aliphatic heterocycles. The van der Waals surface area contributed by atoms with Crippen LogP contribution in [0.4, 0.5) is 10.5 Å². The van der Waals surface area contributed by atoms with Crippen LogP contribution in [0.3, 0.4) is 0 Å². The van der Waals surface area contributed by atoms with Crippen LogP contribution < -0.4 is 10.6 Å². The Labute approximate surface area is 182 Å². The van der Waals surface area contributed by atoms with E-state index < -0.39 is 0 Å². The van der Waals surface area contributed by atoms with Gasteiger partial charge in [-0.1, -0.05) is 0 Å². The van der Waals surface area contributed by atoms with Gasteiger partial charge in [0.15, 0.2) is 0 Å². The van der Waals surface area contributed by atoms with Gasteiger partial charge in [0.2, 0.25) is 0 Å². The first-order valence-corrected chi connectivity index (χ1v) is 10.8. The van der Waals surface area contributed by atoms with Crippen molar-refractivity contribution in [1.29, 1.82) is 0 Å². The normalized spacial score (nSPS) is 14.7. The van der Waals surface area contributed by atoms with E-state index in [9.17, 15) is 4.79 Å². The van der Waals surface area contributed by atoms with E-state index in [-0.39, 0.29) is 6.03 Å². The monoisotopic (exact) mass is 426 g/mol. The molecule has 0 unspecified atom stereocenters. The van der Waals surface area contributed by atoms with E-state index in [0.717, 1.165) is 62.6 Å². The predicted molar refractivity (Wildman–Crippen MR) is 119 cm³/mol. The van der Waals surface area contributed by atoms with Crippen molar-refractivity contribution < 1.29 is 18.7 Å². The highest BCUT2D eigenvalue weighted by atomic mass is 16.5. The third-order valence-electron chi connectivity index (χ3n) is 5.37. The zero-order chi connectivity index (χ0) is 21.3. The highest BCUT2D eigenvalue weighted by Crippen LogP contribution is 2.20.